The zero-order valence-electron chi connectivity index (χ0n) is 18.7. The smallest absolute Gasteiger partial charge is 0.283 e. The summed E-state index contributed by atoms with van der Waals surface area (Å²) in [5.41, 5.74) is 1.75. The Balaban J connectivity index is 1.26. The molecule has 0 atom stereocenters. The number of hydrogen-bond acceptors (Lipinski definition) is 6. The average Bonchev–Trinajstić information content (AvgIpc) is 3.52. The lowest BCUT2D eigenvalue weighted by Gasteiger charge is -2.20. The lowest BCUT2D eigenvalue weighted by Crippen LogP contribution is -2.35. The van der Waals surface area contributed by atoms with Crippen molar-refractivity contribution in [2.75, 3.05) is 13.1 Å². The van der Waals surface area contributed by atoms with Crippen LogP contribution in [0.15, 0.2) is 64.2 Å². The Labute approximate surface area is 211 Å². The monoisotopic (exact) mass is 507 g/mol. The normalized spacial score (nSPS) is 18.6. The van der Waals surface area contributed by atoms with Gasteiger partial charge in [-0.2, -0.15) is 15.1 Å². The summed E-state index contributed by atoms with van der Waals surface area (Å²) in [6.07, 6.45) is 3.80. The van der Waals surface area contributed by atoms with Crippen LogP contribution in [0.2, 0.25) is 5.02 Å². The Morgan fingerprint density at radius 3 is 2.63 bits per heavy atom. The number of thioether (sulfide) groups is 1. The van der Waals surface area contributed by atoms with Crippen LogP contribution in [0.25, 0.3) is 6.08 Å². The molecule has 0 bridgehead atoms. The molecule has 3 heterocycles. The van der Waals surface area contributed by atoms with E-state index in [9.17, 15) is 9.59 Å². The molecule has 0 saturated carbocycles. The number of likely N-dealkylation sites (tertiary alicyclic amines) is 1. The minimum atomic E-state index is -0.505. The molecule has 1 N–H and O–H groups in total. The van der Waals surface area contributed by atoms with Crippen LogP contribution in [-0.4, -0.2) is 50.9 Å². The summed E-state index contributed by atoms with van der Waals surface area (Å²) < 4.78 is 5.80. The number of nitrogens with zero attached hydrogens (tertiary/aromatic N) is 4. The molecule has 1 fully saturated rings. The fourth-order valence-electron chi connectivity index (χ4n) is 3.91. The van der Waals surface area contributed by atoms with Crippen molar-refractivity contribution in [3.63, 3.8) is 0 Å². The molecule has 2 aromatic rings. The summed E-state index contributed by atoms with van der Waals surface area (Å²) in [6, 6.07) is 14.7. The predicted octanol–water partition coefficient (Wildman–Crippen LogP) is 4.55. The second kappa shape index (κ2) is 10.1. The van der Waals surface area contributed by atoms with Gasteiger partial charge in [-0.3, -0.25) is 15.0 Å². The van der Waals surface area contributed by atoms with E-state index < -0.39 is 5.91 Å². The third kappa shape index (κ3) is 5.16. The van der Waals surface area contributed by atoms with Crippen molar-refractivity contribution in [3.05, 3.63) is 70.3 Å². The summed E-state index contributed by atoms with van der Waals surface area (Å²) in [6.45, 7) is 1.88. The van der Waals surface area contributed by atoms with Crippen molar-refractivity contribution in [1.29, 1.82) is 5.41 Å². The van der Waals surface area contributed by atoms with Gasteiger partial charge in [0.05, 0.1) is 12.0 Å². The van der Waals surface area contributed by atoms with Gasteiger partial charge in [-0.1, -0.05) is 41.9 Å². The van der Waals surface area contributed by atoms with E-state index in [2.05, 4.69) is 10.1 Å². The molecule has 178 valence electrons. The highest BCUT2D eigenvalue weighted by atomic mass is 35.5. The number of halogens is 1. The zero-order valence-corrected chi connectivity index (χ0v) is 20.3. The first kappa shape index (κ1) is 23.3. The SMILES string of the molecule is N=C1/C(=C/c2ccc(OCc3ccccc3Cl)cc2)C(=O)N=C2SC(CC(=O)N3CCCC3)=NN12. The summed E-state index contributed by atoms with van der Waals surface area (Å²) >= 11 is 7.34. The molecule has 3 aliphatic heterocycles. The van der Waals surface area contributed by atoms with E-state index in [0.29, 0.717) is 27.6 Å². The molecule has 0 radical (unpaired) electrons. The largest absolute Gasteiger partial charge is 0.489 e. The first-order chi connectivity index (χ1) is 17.0. The lowest BCUT2D eigenvalue weighted by atomic mass is 10.1. The van der Waals surface area contributed by atoms with Crippen LogP contribution >= 0.6 is 23.4 Å². The molecular weight excluding hydrogens is 486 g/mol. The van der Waals surface area contributed by atoms with Crippen molar-refractivity contribution in [2.45, 2.75) is 25.9 Å². The maximum atomic E-state index is 12.6. The number of carbonyl (C=O) groups excluding carboxylic acids is 2. The van der Waals surface area contributed by atoms with Crippen LogP contribution in [0.3, 0.4) is 0 Å². The number of benzene rings is 2. The molecule has 0 aliphatic carbocycles. The van der Waals surface area contributed by atoms with Crippen LogP contribution in [0, 0.1) is 5.41 Å². The van der Waals surface area contributed by atoms with E-state index >= 15 is 0 Å². The van der Waals surface area contributed by atoms with E-state index in [1.165, 1.54) is 16.8 Å². The number of amidine groups is 2. The Morgan fingerprint density at radius 2 is 1.89 bits per heavy atom. The molecular formula is C25H22ClN5O3S. The van der Waals surface area contributed by atoms with Crippen LogP contribution < -0.4 is 4.74 Å². The van der Waals surface area contributed by atoms with Crippen LogP contribution in [0.1, 0.15) is 30.4 Å². The molecule has 5 rings (SSSR count). The fourth-order valence-corrected chi connectivity index (χ4v) is 4.98. The van der Waals surface area contributed by atoms with Gasteiger partial charge in [-0.05, 0) is 54.4 Å². The maximum absolute atomic E-state index is 12.6. The van der Waals surface area contributed by atoms with Crippen molar-refractivity contribution >= 4 is 57.3 Å². The van der Waals surface area contributed by atoms with Gasteiger partial charge in [0.25, 0.3) is 5.91 Å². The molecule has 2 aromatic carbocycles. The second-order valence-corrected chi connectivity index (χ2v) is 9.68. The molecule has 1 saturated heterocycles. The highest BCUT2D eigenvalue weighted by molar-refractivity contribution is 8.27. The Hall–Kier alpha value is -3.43. The standard InChI is InChI=1S/C25H22ClN5O3S/c26-20-6-2-1-5-17(20)15-34-18-9-7-16(8-10-18)13-19-23(27)31-25(28-24(19)33)35-21(29-31)14-22(32)30-11-3-4-12-30/h1-2,5-10,13,27H,3-4,11-12,14-15H2/b19-13-,27-23?. The van der Waals surface area contributed by atoms with Gasteiger partial charge in [0, 0.05) is 23.7 Å². The maximum Gasteiger partial charge on any atom is 0.283 e. The topological polar surface area (TPSA) is 98.4 Å². The number of aliphatic imine (C=N–C) groups is 1. The average molecular weight is 508 g/mol. The first-order valence-corrected chi connectivity index (χ1v) is 12.4. The second-order valence-electron chi connectivity index (χ2n) is 8.23. The first-order valence-electron chi connectivity index (χ1n) is 11.2. The number of fused-ring (bicyclic) bond motifs is 1. The van der Waals surface area contributed by atoms with Gasteiger partial charge in [-0.25, -0.2) is 0 Å². The fraction of sp³-hybridized carbons (Fsp3) is 0.240. The summed E-state index contributed by atoms with van der Waals surface area (Å²) in [5, 5.41) is 15.7. The number of ether oxygens (including phenoxy) is 1. The third-order valence-corrected chi connectivity index (χ3v) is 7.08. The van der Waals surface area contributed by atoms with Crippen molar-refractivity contribution in [1.82, 2.24) is 9.91 Å². The molecule has 2 amide bonds. The van der Waals surface area contributed by atoms with E-state index in [4.69, 9.17) is 21.7 Å². The van der Waals surface area contributed by atoms with Crippen molar-refractivity contribution in [3.8, 4) is 5.75 Å². The van der Waals surface area contributed by atoms with Crippen molar-refractivity contribution < 1.29 is 14.3 Å². The molecule has 0 aromatic heterocycles. The molecule has 8 nitrogen and oxygen atoms in total. The van der Waals surface area contributed by atoms with Crippen LogP contribution in [-0.2, 0) is 16.2 Å². The molecule has 10 heteroatoms. The number of rotatable bonds is 6. The quantitative estimate of drug-likeness (QED) is 0.578. The molecule has 3 aliphatic rings. The minimum Gasteiger partial charge on any atom is -0.489 e. The van der Waals surface area contributed by atoms with Gasteiger partial charge < -0.3 is 9.64 Å². The molecule has 0 spiro atoms. The molecule has 0 unspecified atom stereocenters. The van der Waals surface area contributed by atoms with Gasteiger partial charge in [0.2, 0.25) is 11.1 Å². The Kier molecular flexibility index (Phi) is 6.70. The van der Waals surface area contributed by atoms with Crippen LogP contribution in [0.4, 0.5) is 0 Å². The number of nitrogens with one attached hydrogen (secondary N) is 1. The number of hydrogen-bond donors (Lipinski definition) is 1. The Morgan fingerprint density at radius 1 is 1.14 bits per heavy atom. The minimum absolute atomic E-state index is 0.0136. The number of carbonyl (C=O) groups is 2. The van der Waals surface area contributed by atoms with Gasteiger partial charge in [0.1, 0.15) is 17.4 Å². The van der Waals surface area contributed by atoms with Gasteiger partial charge in [-0.15, -0.1) is 0 Å². The van der Waals surface area contributed by atoms with E-state index in [0.717, 1.165) is 37.1 Å². The van der Waals surface area contributed by atoms with Gasteiger partial charge >= 0.3 is 0 Å². The molecule has 35 heavy (non-hydrogen) atoms. The number of amides is 2. The third-order valence-electron chi connectivity index (χ3n) is 5.80. The Bertz CT molecular complexity index is 1280. The highest BCUT2D eigenvalue weighted by Gasteiger charge is 2.36. The summed E-state index contributed by atoms with van der Waals surface area (Å²) in [7, 11) is 0. The summed E-state index contributed by atoms with van der Waals surface area (Å²) in [5.74, 6) is 0.107. The van der Waals surface area contributed by atoms with E-state index in [1.54, 1.807) is 30.3 Å². The lowest BCUT2D eigenvalue weighted by molar-refractivity contribution is -0.128. The van der Waals surface area contributed by atoms with E-state index in [1.807, 2.05) is 29.2 Å². The van der Waals surface area contributed by atoms with Crippen LogP contribution in [0.5, 0.6) is 5.75 Å². The van der Waals surface area contributed by atoms with Gasteiger partial charge in [0.15, 0.2) is 5.84 Å². The summed E-state index contributed by atoms with van der Waals surface area (Å²) in [4.78, 5) is 31.0. The highest BCUT2D eigenvalue weighted by Crippen LogP contribution is 2.30. The number of hydrazone groups is 1. The predicted molar refractivity (Wildman–Crippen MR) is 138 cm³/mol. The van der Waals surface area contributed by atoms with Crippen molar-refractivity contribution in [2.24, 2.45) is 10.1 Å². The zero-order chi connectivity index (χ0) is 24.4. The van der Waals surface area contributed by atoms with E-state index in [-0.39, 0.29) is 23.7 Å².